The first-order chi connectivity index (χ1) is 14.6. The fourth-order valence-corrected chi connectivity index (χ4v) is 4.17. The number of carbonyl (C=O) groups excluding carboxylic acids is 1. The number of carboxylic acids is 1. The van der Waals surface area contributed by atoms with Gasteiger partial charge in [0.25, 0.3) is 0 Å². The molecule has 0 saturated heterocycles. The van der Waals surface area contributed by atoms with Crippen LogP contribution in [-0.4, -0.2) is 33.8 Å². The Morgan fingerprint density at radius 2 is 2.07 bits per heavy atom. The zero-order valence-corrected chi connectivity index (χ0v) is 17.5. The Balaban J connectivity index is 1.68. The van der Waals surface area contributed by atoms with Gasteiger partial charge in [-0.15, -0.1) is 0 Å². The summed E-state index contributed by atoms with van der Waals surface area (Å²) in [7, 11) is 0. The summed E-state index contributed by atoms with van der Waals surface area (Å²) in [6.45, 7) is 2.05. The molecule has 1 aliphatic carbocycles. The summed E-state index contributed by atoms with van der Waals surface area (Å²) in [5.41, 5.74) is 1.04. The Morgan fingerprint density at radius 1 is 1.27 bits per heavy atom. The van der Waals surface area contributed by atoms with Crippen molar-refractivity contribution in [3.8, 4) is 11.4 Å². The molecule has 1 N–H and O–H groups in total. The van der Waals surface area contributed by atoms with Crippen LogP contribution in [0.5, 0.6) is 0 Å². The van der Waals surface area contributed by atoms with Gasteiger partial charge >= 0.3 is 11.9 Å². The van der Waals surface area contributed by atoms with Crippen LogP contribution in [0.3, 0.4) is 0 Å². The molecule has 0 aliphatic heterocycles. The van der Waals surface area contributed by atoms with E-state index in [1.165, 1.54) is 32.1 Å². The molecule has 0 bridgehead atoms. The summed E-state index contributed by atoms with van der Waals surface area (Å²) >= 11 is 0. The maximum atomic E-state index is 12.0. The predicted molar refractivity (Wildman–Crippen MR) is 111 cm³/mol. The van der Waals surface area contributed by atoms with Crippen molar-refractivity contribution in [3.05, 3.63) is 35.7 Å². The Morgan fingerprint density at radius 3 is 2.80 bits per heavy atom. The molecule has 7 nitrogen and oxygen atoms in total. The van der Waals surface area contributed by atoms with Gasteiger partial charge < -0.3 is 14.4 Å². The van der Waals surface area contributed by atoms with Gasteiger partial charge in [0.2, 0.25) is 11.7 Å². The Hall–Kier alpha value is -2.70. The Bertz CT molecular complexity index is 842. The molecule has 1 aliphatic rings. The minimum Gasteiger partial charge on any atom is -0.481 e. The number of carboxylic acid groups (broad SMARTS) is 1. The lowest BCUT2D eigenvalue weighted by atomic mass is 9.84. The molecule has 0 radical (unpaired) electrons. The Kier molecular flexibility index (Phi) is 7.99. The molecule has 0 unspecified atom stereocenters. The van der Waals surface area contributed by atoms with E-state index < -0.39 is 11.9 Å². The lowest BCUT2D eigenvalue weighted by Crippen LogP contribution is -2.10. The summed E-state index contributed by atoms with van der Waals surface area (Å²) in [5, 5.41) is 13.4. The summed E-state index contributed by atoms with van der Waals surface area (Å²) in [6.07, 6.45) is 9.28. The smallest absolute Gasteiger partial charge is 0.338 e. The van der Waals surface area contributed by atoms with Crippen LogP contribution in [0.2, 0.25) is 0 Å². The van der Waals surface area contributed by atoms with Crippen molar-refractivity contribution in [2.45, 2.75) is 70.6 Å². The summed E-state index contributed by atoms with van der Waals surface area (Å²) in [5.74, 6) is -0.138. The molecule has 1 aromatic carbocycles. The van der Waals surface area contributed by atoms with E-state index in [0.717, 1.165) is 18.8 Å². The van der Waals surface area contributed by atoms with Crippen molar-refractivity contribution in [2.24, 2.45) is 5.92 Å². The monoisotopic (exact) mass is 414 g/mol. The van der Waals surface area contributed by atoms with E-state index in [2.05, 4.69) is 10.1 Å². The topological polar surface area (TPSA) is 103 Å². The third-order valence-corrected chi connectivity index (χ3v) is 5.73. The van der Waals surface area contributed by atoms with Crippen molar-refractivity contribution in [1.82, 2.24) is 10.1 Å². The van der Waals surface area contributed by atoms with Gasteiger partial charge in [0, 0.05) is 11.5 Å². The number of aliphatic carboxylic acids is 1. The number of esters is 1. The average molecular weight is 415 g/mol. The second-order valence-corrected chi connectivity index (χ2v) is 7.99. The Labute approximate surface area is 176 Å². The van der Waals surface area contributed by atoms with Crippen LogP contribution >= 0.6 is 0 Å². The lowest BCUT2D eigenvalue weighted by Gasteiger charge is -2.21. The molecule has 1 fully saturated rings. The van der Waals surface area contributed by atoms with Crippen molar-refractivity contribution in [2.75, 3.05) is 6.61 Å². The number of hydrogen-bond acceptors (Lipinski definition) is 6. The zero-order valence-electron chi connectivity index (χ0n) is 17.5. The van der Waals surface area contributed by atoms with Gasteiger partial charge in [0.1, 0.15) is 0 Å². The standard InChI is InChI=1S/C23H30N2O5/c1-2-29-23(28)19-13-7-11-17(14-19)21-24-22(30-25-21)18(15-20(26)27)12-6-10-16-8-4-3-5-9-16/h7,11,13-14,16,18H,2-6,8-10,12,15H2,1H3,(H,26,27)/t18-/m1/s1. The van der Waals surface area contributed by atoms with E-state index in [1.54, 1.807) is 31.2 Å². The predicted octanol–water partition coefficient (Wildman–Crippen LogP) is 5.22. The molecular weight excluding hydrogens is 384 g/mol. The van der Waals surface area contributed by atoms with E-state index in [9.17, 15) is 14.7 Å². The highest BCUT2D eigenvalue weighted by atomic mass is 16.5. The number of aromatic nitrogens is 2. The second kappa shape index (κ2) is 10.9. The number of carbonyl (C=O) groups is 2. The van der Waals surface area contributed by atoms with Gasteiger partial charge in [0.05, 0.1) is 18.6 Å². The van der Waals surface area contributed by atoms with Crippen molar-refractivity contribution in [1.29, 1.82) is 0 Å². The normalized spacial score (nSPS) is 15.6. The molecule has 1 atom stereocenters. The van der Waals surface area contributed by atoms with Crippen LogP contribution in [0.1, 0.15) is 86.9 Å². The lowest BCUT2D eigenvalue weighted by molar-refractivity contribution is -0.137. The SMILES string of the molecule is CCOC(=O)c1cccc(-c2noc([C@H](CCCC3CCCCC3)CC(=O)O)n2)c1. The summed E-state index contributed by atoms with van der Waals surface area (Å²) in [6, 6.07) is 6.84. The maximum Gasteiger partial charge on any atom is 0.338 e. The fourth-order valence-electron chi connectivity index (χ4n) is 4.17. The zero-order chi connectivity index (χ0) is 21.3. The van der Waals surface area contributed by atoms with Crippen LogP contribution in [0.25, 0.3) is 11.4 Å². The van der Waals surface area contributed by atoms with Gasteiger partial charge in [0.15, 0.2) is 0 Å². The van der Waals surface area contributed by atoms with E-state index >= 15 is 0 Å². The molecule has 1 saturated carbocycles. The quantitative estimate of drug-likeness (QED) is 0.531. The average Bonchev–Trinajstić information content (AvgIpc) is 3.24. The highest BCUT2D eigenvalue weighted by Crippen LogP contribution is 2.31. The van der Waals surface area contributed by atoms with Gasteiger partial charge in [-0.05, 0) is 31.4 Å². The highest BCUT2D eigenvalue weighted by Gasteiger charge is 2.23. The molecule has 0 spiro atoms. The van der Waals surface area contributed by atoms with Gasteiger partial charge in [-0.2, -0.15) is 4.98 Å². The van der Waals surface area contributed by atoms with Crippen LogP contribution in [-0.2, 0) is 9.53 Å². The van der Waals surface area contributed by atoms with Gasteiger partial charge in [-0.3, -0.25) is 4.79 Å². The molecule has 162 valence electrons. The third kappa shape index (κ3) is 6.15. The van der Waals surface area contributed by atoms with Crippen LogP contribution < -0.4 is 0 Å². The fraction of sp³-hybridized carbons (Fsp3) is 0.565. The minimum atomic E-state index is -0.873. The minimum absolute atomic E-state index is 0.0326. The third-order valence-electron chi connectivity index (χ3n) is 5.73. The number of benzene rings is 1. The molecule has 1 heterocycles. The molecule has 7 heteroatoms. The number of hydrogen-bond donors (Lipinski definition) is 1. The van der Waals surface area contributed by atoms with Crippen LogP contribution in [0.4, 0.5) is 0 Å². The molecule has 30 heavy (non-hydrogen) atoms. The summed E-state index contributed by atoms with van der Waals surface area (Å²) < 4.78 is 10.5. The first-order valence-electron chi connectivity index (χ1n) is 10.9. The number of ether oxygens (including phenoxy) is 1. The van der Waals surface area contributed by atoms with E-state index in [-0.39, 0.29) is 12.3 Å². The molecule has 1 aromatic heterocycles. The molecule has 0 amide bonds. The molecular formula is C23H30N2O5. The van der Waals surface area contributed by atoms with Crippen molar-refractivity contribution in [3.63, 3.8) is 0 Å². The first kappa shape index (κ1) is 22.0. The number of nitrogens with zero attached hydrogens (tertiary/aromatic N) is 2. The van der Waals surface area contributed by atoms with Gasteiger partial charge in [-0.1, -0.05) is 62.2 Å². The van der Waals surface area contributed by atoms with E-state index in [0.29, 0.717) is 35.9 Å². The summed E-state index contributed by atoms with van der Waals surface area (Å²) in [4.78, 5) is 27.8. The second-order valence-electron chi connectivity index (χ2n) is 7.99. The number of rotatable bonds is 10. The van der Waals surface area contributed by atoms with E-state index in [1.807, 2.05) is 0 Å². The maximum absolute atomic E-state index is 12.0. The van der Waals surface area contributed by atoms with Gasteiger partial charge in [-0.25, -0.2) is 4.79 Å². The molecule has 2 aromatic rings. The molecule has 3 rings (SSSR count). The first-order valence-corrected chi connectivity index (χ1v) is 10.9. The highest BCUT2D eigenvalue weighted by molar-refractivity contribution is 5.90. The van der Waals surface area contributed by atoms with Crippen molar-refractivity contribution >= 4 is 11.9 Å². The van der Waals surface area contributed by atoms with Crippen molar-refractivity contribution < 1.29 is 24.0 Å². The van der Waals surface area contributed by atoms with Crippen LogP contribution in [0.15, 0.2) is 28.8 Å². The largest absolute Gasteiger partial charge is 0.481 e. The van der Waals surface area contributed by atoms with E-state index in [4.69, 9.17) is 9.26 Å². The van der Waals surface area contributed by atoms with Crippen LogP contribution in [0, 0.1) is 5.92 Å².